The predicted octanol–water partition coefficient (Wildman–Crippen LogP) is 0.109. The Morgan fingerprint density at radius 1 is 1.18 bits per heavy atom. The Hall–Kier alpha value is -1.07. The third-order valence-corrected chi connectivity index (χ3v) is 7.72. The van der Waals surface area contributed by atoms with E-state index in [4.69, 9.17) is 0 Å². The predicted molar refractivity (Wildman–Crippen MR) is 101 cm³/mol. The molecule has 1 saturated carbocycles. The average Bonchev–Trinajstić information content (AvgIpc) is 3.05. The zero-order chi connectivity index (χ0) is 20.4. The minimum Gasteiger partial charge on any atom is -0.760 e. The van der Waals surface area contributed by atoms with E-state index in [1.165, 1.54) is 4.31 Å². The highest BCUT2D eigenvalue weighted by molar-refractivity contribution is 7.76. The van der Waals surface area contributed by atoms with Crippen LogP contribution in [0.1, 0.15) is 39.0 Å². The van der Waals surface area contributed by atoms with Crippen LogP contribution in [0, 0.1) is 17.8 Å². The molecule has 3 N–H and O–H groups in total. The minimum absolute atomic E-state index is 0.306. The summed E-state index contributed by atoms with van der Waals surface area (Å²) in [4.78, 5) is 25.0. The highest BCUT2D eigenvalue weighted by atomic mass is 32.2. The second-order valence-electron chi connectivity index (χ2n) is 8.38. The second-order valence-corrected chi connectivity index (χ2v) is 9.29. The lowest BCUT2D eigenvalue weighted by molar-refractivity contribution is -0.143. The van der Waals surface area contributed by atoms with E-state index in [0.29, 0.717) is 50.2 Å². The largest absolute Gasteiger partial charge is 0.760 e. The van der Waals surface area contributed by atoms with Gasteiger partial charge in [0.25, 0.3) is 0 Å². The first kappa shape index (κ1) is 21.6. The molecule has 9 nitrogen and oxygen atoms in total. The fraction of sp³-hybridized carbons (Fsp3) is 0.889. The van der Waals surface area contributed by atoms with E-state index in [-0.39, 0.29) is 6.04 Å². The minimum atomic E-state index is -2.36. The Balaban J connectivity index is 1.62. The van der Waals surface area contributed by atoms with Crippen molar-refractivity contribution in [2.45, 2.75) is 57.2 Å². The number of aliphatic carboxylic acids is 2. The molecule has 0 aromatic rings. The van der Waals surface area contributed by atoms with Crippen LogP contribution in [0.25, 0.3) is 0 Å². The van der Waals surface area contributed by atoms with Gasteiger partial charge in [-0.05, 0) is 56.4 Å². The first-order valence-corrected chi connectivity index (χ1v) is 11.1. The lowest BCUT2D eigenvalue weighted by Crippen LogP contribution is -2.50. The molecule has 3 rings (SSSR count). The topological polar surface area (TPSA) is 133 Å². The lowest BCUT2D eigenvalue weighted by Gasteiger charge is -2.42. The van der Waals surface area contributed by atoms with Gasteiger partial charge in [0, 0.05) is 36.9 Å². The van der Waals surface area contributed by atoms with E-state index in [9.17, 15) is 28.6 Å². The fourth-order valence-electron chi connectivity index (χ4n) is 5.38. The molecule has 2 saturated heterocycles. The number of nitrogens with zero attached hydrogens (tertiary/aromatic N) is 2. The third-order valence-electron chi connectivity index (χ3n) is 6.78. The number of fused-ring (bicyclic) bond motifs is 1. The standard InChI is InChI=1S/C18H31N3O6S/c1-2-21(28(26)27)14-7-16(18(24)25)20(10-14)9-11-3-4-12-8-19-15(17(22)23)6-13(12)5-11/h11-16,19H,2-10H2,1H3,(H,22,23)(H,24,25)(H,26,27)/p-1/t11-,12-,13+,14-,15-,16-/m0/s1. The van der Waals surface area contributed by atoms with Gasteiger partial charge in [0.15, 0.2) is 0 Å². The van der Waals surface area contributed by atoms with Gasteiger partial charge in [-0.1, -0.05) is 6.92 Å². The van der Waals surface area contributed by atoms with E-state index in [2.05, 4.69) is 5.32 Å². The van der Waals surface area contributed by atoms with Crippen molar-refractivity contribution in [2.24, 2.45) is 17.8 Å². The molecule has 2 aliphatic heterocycles. The molecule has 0 amide bonds. The fourth-order valence-corrected chi connectivity index (χ4v) is 5.99. The number of rotatable bonds is 7. The molecule has 3 fully saturated rings. The van der Waals surface area contributed by atoms with E-state index < -0.39 is 35.3 Å². The number of carboxylic acid groups (broad SMARTS) is 2. The quantitative estimate of drug-likeness (QED) is 0.498. The van der Waals surface area contributed by atoms with Crippen LogP contribution in [0.2, 0.25) is 0 Å². The summed E-state index contributed by atoms with van der Waals surface area (Å²) in [6.07, 6.45) is 3.87. The monoisotopic (exact) mass is 416 g/mol. The van der Waals surface area contributed by atoms with Crippen LogP contribution in [0.15, 0.2) is 0 Å². The summed E-state index contributed by atoms with van der Waals surface area (Å²) in [5.74, 6) is -0.547. The molecule has 0 bridgehead atoms. The van der Waals surface area contributed by atoms with E-state index in [1.807, 2.05) is 4.90 Å². The summed E-state index contributed by atoms with van der Waals surface area (Å²) in [6, 6.07) is -1.47. The molecule has 1 aliphatic carbocycles. The normalized spacial score (nSPS) is 37.5. The van der Waals surface area contributed by atoms with Crippen molar-refractivity contribution in [3.05, 3.63) is 0 Å². The van der Waals surface area contributed by atoms with Gasteiger partial charge in [-0.3, -0.25) is 18.7 Å². The molecule has 0 aromatic heterocycles. The SMILES string of the molecule is CCN([C@H]1C[C@@H](C(=O)O)N(C[C@H]2CC[C@H]3CN[C@H](C(=O)O)C[C@H]3C2)C1)S(=O)[O-]. The van der Waals surface area contributed by atoms with E-state index >= 15 is 0 Å². The van der Waals surface area contributed by atoms with Gasteiger partial charge in [0.1, 0.15) is 12.1 Å². The summed E-state index contributed by atoms with van der Waals surface area (Å²) < 4.78 is 24.2. The molecule has 0 radical (unpaired) electrons. The van der Waals surface area contributed by atoms with Gasteiger partial charge in [-0.25, -0.2) is 4.31 Å². The van der Waals surface area contributed by atoms with Gasteiger partial charge < -0.3 is 20.1 Å². The Kier molecular flexibility index (Phi) is 7.08. The lowest BCUT2D eigenvalue weighted by atomic mass is 9.69. The highest BCUT2D eigenvalue weighted by Crippen LogP contribution is 2.39. The third kappa shape index (κ3) is 4.73. The van der Waals surface area contributed by atoms with Crippen molar-refractivity contribution in [1.82, 2.24) is 14.5 Å². The van der Waals surface area contributed by atoms with Crippen molar-refractivity contribution in [1.29, 1.82) is 0 Å². The van der Waals surface area contributed by atoms with Crippen molar-refractivity contribution in [2.75, 3.05) is 26.2 Å². The Morgan fingerprint density at radius 3 is 2.54 bits per heavy atom. The first-order chi connectivity index (χ1) is 13.3. The summed E-state index contributed by atoms with van der Waals surface area (Å²) in [7, 11) is 0. The number of likely N-dealkylation sites (tertiary alicyclic amines) is 1. The highest BCUT2D eigenvalue weighted by Gasteiger charge is 2.42. The van der Waals surface area contributed by atoms with Gasteiger partial charge >= 0.3 is 11.9 Å². The summed E-state index contributed by atoms with van der Waals surface area (Å²) in [5.41, 5.74) is 0. The van der Waals surface area contributed by atoms with Crippen LogP contribution >= 0.6 is 0 Å². The molecule has 10 heteroatoms. The molecule has 7 atom stereocenters. The van der Waals surface area contributed by atoms with Crippen LogP contribution in [0.5, 0.6) is 0 Å². The van der Waals surface area contributed by atoms with Crippen LogP contribution in [0.3, 0.4) is 0 Å². The van der Waals surface area contributed by atoms with Crippen LogP contribution < -0.4 is 5.32 Å². The number of hydrogen-bond acceptors (Lipinski definition) is 6. The molecule has 160 valence electrons. The van der Waals surface area contributed by atoms with Crippen LogP contribution in [-0.2, 0) is 20.9 Å². The number of hydrogen-bond donors (Lipinski definition) is 3. The smallest absolute Gasteiger partial charge is 0.320 e. The van der Waals surface area contributed by atoms with Crippen molar-refractivity contribution in [3.8, 4) is 0 Å². The maximum absolute atomic E-state index is 11.7. The number of carboxylic acids is 2. The molecular weight excluding hydrogens is 386 g/mol. The molecule has 2 heterocycles. The van der Waals surface area contributed by atoms with Crippen molar-refractivity contribution in [3.63, 3.8) is 0 Å². The molecule has 0 spiro atoms. The number of likely N-dealkylation sites (N-methyl/N-ethyl adjacent to an activating group) is 1. The van der Waals surface area contributed by atoms with E-state index in [0.717, 1.165) is 25.8 Å². The van der Waals surface area contributed by atoms with Crippen molar-refractivity contribution < 1.29 is 28.6 Å². The van der Waals surface area contributed by atoms with Gasteiger partial charge in [0.2, 0.25) is 0 Å². The zero-order valence-electron chi connectivity index (χ0n) is 16.2. The van der Waals surface area contributed by atoms with Crippen molar-refractivity contribution >= 4 is 23.2 Å². The summed E-state index contributed by atoms with van der Waals surface area (Å²) in [5, 5.41) is 22.0. The maximum atomic E-state index is 11.7. The molecule has 1 unspecified atom stereocenters. The number of piperidine rings is 1. The van der Waals surface area contributed by atoms with E-state index in [1.54, 1.807) is 6.92 Å². The van der Waals surface area contributed by atoms with Crippen LogP contribution in [0.4, 0.5) is 0 Å². The van der Waals surface area contributed by atoms with Gasteiger partial charge in [-0.15, -0.1) is 0 Å². The molecule has 3 aliphatic rings. The van der Waals surface area contributed by atoms with Gasteiger partial charge in [0.05, 0.1) is 0 Å². The number of carbonyl (C=O) groups is 2. The molecule has 0 aromatic carbocycles. The second kappa shape index (κ2) is 9.17. The maximum Gasteiger partial charge on any atom is 0.320 e. The Labute approximate surface area is 167 Å². The summed E-state index contributed by atoms with van der Waals surface area (Å²) in [6.45, 7) is 3.88. The Morgan fingerprint density at radius 2 is 1.93 bits per heavy atom. The summed E-state index contributed by atoms with van der Waals surface area (Å²) >= 11 is -2.36. The molecule has 28 heavy (non-hydrogen) atoms. The number of nitrogens with one attached hydrogen (secondary N) is 1. The van der Waals surface area contributed by atoms with Crippen LogP contribution in [-0.4, -0.2) is 84.4 Å². The average molecular weight is 417 g/mol. The molecular formula is C18H30N3O6S-. The Bertz CT molecular complexity index is 620. The zero-order valence-corrected chi connectivity index (χ0v) is 17.0. The first-order valence-electron chi connectivity index (χ1n) is 10.1. The van der Waals surface area contributed by atoms with Gasteiger partial charge in [-0.2, -0.15) is 0 Å².